The van der Waals surface area contributed by atoms with E-state index >= 15 is 0 Å². The van der Waals surface area contributed by atoms with Crippen molar-refractivity contribution in [2.24, 2.45) is 0 Å². The quantitative estimate of drug-likeness (QED) is 0.237. The zero-order valence-corrected chi connectivity index (χ0v) is 24.3. The molecule has 9 nitrogen and oxygen atoms in total. The van der Waals surface area contributed by atoms with Gasteiger partial charge in [-0.05, 0) is 88.5 Å². The van der Waals surface area contributed by atoms with Crippen molar-refractivity contribution < 1.29 is 19.7 Å². The highest BCUT2D eigenvalue weighted by molar-refractivity contribution is 6.01. The van der Waals surface area contributed by atoms with Crippen molar-refractivity contribution in [3.05, 3.63) is 107 Å². The Labute approximate surface area is 253 Å². The maximum atomic E-state index is 13.7. The number of ether oxygens (including phenoxy) is 2. The molecule has 218 valence electrons. The Hall–Kier alpha value is -4.83. The third kappa shape index (κ3) is 5.30. The summed E-state index contributed by atoms with van der Waals surface area (Å²) in [6.45, 7) is 1.77. The largest absolute Gasteiger partial charge is 0.493 e. The lowest BCUT2D eigenvalue weighted by Gasteiger charge is -2.19. The maximum Gasteiger partial charge on any atom is 0.280 e. The van der Waals surface area contributed by atoms with E-state index in [1.807, 2.05) is 55.5 Å². The number of aromatic nitrogens is 4. The number of fused-ring (bicyclic) bond motifs is 2. The Balaban J connectivity index is 0.00000368. The first kappa shape index (κ1) is 29.7. The molecule has 6 aromatic rings. The number of aliphatic hydroxyl groups is 2. The molecule has 0 aliphatic rings. The van der Waals surface area contributed by atoms with Crippen molar-refractivity contribution >= 4 is 34.0 Å². The van der Waals surface area contributed by atoms with Gasteiger partial charge in [0.15, 0.2) is 17.3 Å². The first-order valence-corrected chi connectivity index (χ1v) is 13.5. The fourth-order valence-corrected chi connectivity index (χ4v) is 5.34. The average Bonchev–Trinajstić information content (AvgIpc) is 3.04. The van der Waals surface area contributed by atoms with Gasteiger partial charge < -0.3 is 19.7 Å². The molecule has 0 aliphatic carbocycles. The van der Waals surface area contributed by atoms with E-state index in [0.717, 1.165) is 16.3 Å². The van der Waals surface area contributed by atoms with Gasteiger partial charge in [-0.1, -0.05) is 18.2 Å². The predicted octanol–water partition coefficient (Wildman–Crippen LogP) is 5.48. The number of nitrogens with zero attached hydrogens (tertiary/aromatic N) is 4. The SMILES string of the molecule is CCOc1cc2cc(CO)c(CO)c(-c3ccnc(-n4nc(-c5cccnc5)c5ccccc5c4=O)c3)c2cc1OC.Cl. The van der Waals surface area contributed by atoms with Crippen LogP contribution in [0.3, 0.4) is 0 Å². The molecule has 0 radical (unpaired) electrons. The van der Waals surface area contributed by atoms with Crippen LogP contribution in [-0.2, 0) is 13.2 Å². The van der Waals surface area contributed by atoms with E-state index in [9.17, 15) is 15.0 Å². The van der Waals surface area contributed by atoms with Crippen LogP contribution in [0.4, 0.5) is 0 Å². The minimum absolute atomic E-state index is 0. The fraction of sp³-hybridized carbons (Fsp3) is 0.152. The van der Waals surface area contributed by atoms with Gasteiger partial charge in [-0.2, -0.15) is 9.78 Å². The van der Waals surface area contributed by atoms with E-state index in [-0.39, 0.29) is 31.2 Å². The maximum absolute atomic E-state index is 13.7. The number of rotatable bonds is 8. The Morgan fingerprint density at radius 3 is 2.37 bits per heavy atom. The smallest absolute Gasteiger partial charge is 0.280 e. The number of methoxy groups -OCH3 is 1. The number of benzene rings is 3. The summed E-state index contributed by atoms with van der Waals surface area (Å²) in [6.07, 6.45) is 4.99. The third-order valence-corrected chi connectivity index (χ3v) is 7.24. The molecule has 0 unspecified atom stereocenters. The molecule has 0 aliphatic heterocycles. The van der Waals surface area contributed by atoms with E-state index in [2.05, 4.69) is 9.97 Å². The molecule has 0 spiro atoms. The molecule has 0 fully saturated rings. The van der Waals surface area contributed by atoms with Gasteiger partial charge >= 0.3 is 0 Å². The van der Waals surface area contributed by atoms with Crippen molar-refractivity contribution in [1.29, 1.82) is 0 Å². The molecule has 10 heteroatoms. The Kier molecular flexibility index (Phi) is 8.68. The van der Waals surface area contributed by atoms with E-state index < -0.39 is 0 Å². The van der Waals surface area contributed by atoms with Crippen LogP contribution in [0, 0.1) is 0 Å². The Morgan fingerprint density at radius 1 is 0.860 bits per heavy atom. The van der Waals surface area contributed by atoms with Crippen molar-refractivity contribution in [3.8, 4) is 39.7 Å². The number of halogens is 1. The van der Waals surface area contributed by atoms with Gasteiger partial charge in [0, 0.05) is 29.5 Å². The van der Waals surface area contributed by atoms with Crippen LogP contribution < -0.4 is 15.0 Å². The number of pyridine rings is 2. The number of hydrogen-bond acceptors (Lipinski definition) is 8. The van der Waals surface area contributed by atoms with Gasteiger partial charge in [0.2, 0.25) is 0 Å². The summed E-state index contributed by atoms with van der Waals surface area (Å²) in [5, 5.41) is 28.2. The molecule has 0 atom stereocenters. The van der Waals surface area contributed by atoms with Gasteiger partial charge in [0.1, 0.15) is 5.69 Å². The lowest BCUT2D eigenvalue weighted by atomic mass is 9.90. The second-order valence-electron chi connectivity index (χ2n) is 9.62. The minimum atomic E-state index is -0.317. The highest BCUT2D eigenvalue weighted by Crippen LogP contribution is 2.41. The van der Waals surface area contributed by atoms with Crippen LogP contribution in [-0.4, -0.2) is 43.7 Å². The Morgan fingerprint density at radius 2 is 1.67 bits per heavy atom. The molecule has 43 heavy (non-hydrogen) atoms. The molecule has 2 N–H and O–H groups in total. The summed E-state index contributed by atoms with van der Waals surface area (Å²) < 4.78 is 12.7. The van der Waals surface area contributed by atoms with Crippen LogP contribution in [0.5, 0.6) is 11.5 Å². The average molecular weight is 597 g/mol. The van der Waals surface area contributed by atoms with Crippen LogP contribution in [0.2, 0.25) is 0 Å². The zero-order chi connectivity index (χ0) is 29.2. The van der Waals surface area contributed by atoms with E-state index in [1.54, 1.807) is 43.9 Å². The number of hydrogen-bond donors (Lipinski definition) is 2. The second kappa shape index (κ2) is 12.6. The topological polar surface area (TPSA) is 120 Å². The predicted molar refractivity (Wildman–Crippen MR) is 168 cm³/mol. The molecule has 3 aromatic carbocycles. The van der Waals surface area contributed by atoms with Crippen molar-refractivity contribution in [2.75, 3.05) is 13.7 Å². The molecule has 0 saturated carbocycles. The van der Waals surface area contributed by atoms with Crippen LogP contribution >= 0.6 is 12.4 Å². The number of aliphatic hydroxyl groups excluding tert-OH is 2. The van der Waals surface area contributed by atoms with Gasteiger partial charge in [-0.25, -0.2) is 4.98 Å². The van der Waals surface area contributed by atoms with Gasteiger partial charge in [-0.3, -0.25) is 9.78 Å². The minimum Gasteiger partial charge on any atom is -0.493 e. The van der Waals surface area contributed by atoms with Crippen molar-refractivity contribution in [2.45, 2.75) is 20.1 Å². The molecular weight excluding hydrogens is 568 g/mol. The summed E-state index contributed by atoms with van der Waals surface area (Å²) in [6, 6.07) is 20.1. The fourth-order valence-electron chi connectivity index (χ4n) is 5.34. The molecule has 3 aromatic heterocycles. The lowest BCUT2D eigenvalue weighted by Crippen LogP contribution is -2.23. The molecular formula is C33H29ClN4O5. The summed E-state index contributed by atoms with van der Waals surface area (Å²) >= 11 is 0. The normalized spacial score (nSPS) is 11.0. The summed E-state index contributed by atoms with van der Waals surface area (Å²) in [5.41, 5.74) is 3.55. The van der Waals surface area contributed by atoms with E-state index in [4.69, 9.17) is 14.6 Å². The van der Waals surface area contributed by atoms with Gasteiger partial charge in [-0.15, -0.1) is 12.4 Å². The molecule has 0 bridgehead atoms. The van der Waals surface area contributed by atoms with Crippen LogP contribution in [0.25, 0.3) is 49.7 Å². The van der Waals surface area contributed by atoms with E-state index in [0.29, 0.717) is 62.6 Å². The van der Waals surface area contributed by atoms with Crippen molar-refractivity contribution in [1.82, 2.24) is 19.7 Å². The van der Waals surface area contributed by atoms with Crippen LogP contribution in [0.1, 0.15) is 18.1 Å². The Bertz CT molecular complexity index is 2000. The zero-order valence-electron chi connectivity index (χ0n) is 23.5. The highest BCUT2D eigenvalue weighted by Gasteiger charge is 2.20. The van der Waals surface area contributed by atoms with Crippen molar-refractivity contribution in [3.63, 3.8) is 0 Å². The van der Waals surface area contributed by atoms with Crippen LogP contribution in [0.15, 0.2) is 90.1 Å². The lowest BCUT2D eigenvalue weighted by molar-refractivity contribution is 0.260. The highest BCUT2D eigenvalue weighted by atomic mass is 35.5. The first-order valence-electron chi connectivity index (χ1n) is 13.5. The summed E-state index contributed by atoms with van der Waals surface area (Å²) in [5.74, 6) is 1.41. The van der Waals surface area contributed by atoms with Gasteiger partial charge in [0.25, 0.3) is 5.56 Å². The summed E-state index contributed by atoms with van der Waals surface area (Å²) in [4.78, 5) is 22.5. The molecule has 0 amide bonds. The first-order chi connectivity index (χ1) is 20.6. The van der Waals surface area contributed by atoms with Gasteiger partial charge in [0.05, 0.1) is 32.3 Å². The summed E-state index contributed by atoms with van der Waals surface area (Å²) in [7, 11) is 1.57. The monoisotopic (exact) mass is 596 g/mol. The molecule has 3 heterocycles. The standard InChI is InChI=1S/C33H28N4O5.ClH/c1-3-42-29-14-22-13-23(18-38)27(19-39)31(26(22)16-28(29)41-2)20-10-12-35-30(15-20)37-33(40)25-9-5-4-8-24(25)32(36-37)21-7-6-11-34-17-21;/h4-17,38-39H,3,18-19H2,1-2H3;1H. The molecule has 0 saturated heterocycles. The molecule has 6 rings (SSSR count). The van der Waals surface area contributed by atoms with E-state index in [1.165, 1.54) is 4.68 Å². The third-order valence-electron chi connectivity index (χ3n) is 7.24. The second-order valence-corrected chi connectivity index (χ2v) is 9.62.